The van der Waals surface area contributed by atoms with Crippen LogP contribution in [-0.4, -0.2) is 18.0 Å². The lowest BCUT2D eigenvalue weighted by Crippen LogP contribution is -2.35. The first-order valence-electron chi connectivity index (χ1n) is 11.3. The molecule has 5 heteroatoms. The van der Waals surface area contributed by atoms with Crippen molar-refractivity contribution < 1.29 is 19.1 Å². The highest BCUT2D eigenvalue weighted by Gasteiger charge is 2.51. The summed E-state index contributed by atoms with van der Waals surface area (Å²) in [6.07, 6.45) is 3.20. The number of ether oxygens (including phenoxy) is 2. The summed E-state index contributed by atoms with van der Waals surface area (Å²) < 4.78 is 12.8. The Balaban J connectivity index is 1.43. The van der Waals surface area contributed by atoms with Crippen LogP contribution in [0.15, 0.2) is 40.9 Å². The van der Waals surface area contributed by atoms with Gasteiger partial charge < -0.3 is 9.47 Å². The number of hydrogen-bond donors (Lipinski definition) is 0. The van der Waals surface area contributed by atoms with Crippen LogP contribution in [0.4, 0.5) is 0 Å². The first-order chi connectivity index (χ1) is 14.7. The maximum atomic E-state index is 13.1. The molecule has 31 heavy (non-hydrogen) atoms. The van der Waals surface area contributed by atoms with Crippen molar-refractivity contribution in [2.45, 2.75) is 65.1 Å². The SMILES string of the molecule is CCC(C)C(=O)OC1CC2CC1CC2C(=O)OC(C)(C)c1ccc2ccccc2c1Br. The lowest BCUT2D eigenvalue weighted by molar-refractivity contribution is -0.166. The van der Waals surface area contributed by atoms with Crippen LogP contribution < -0.4 is 0 Å². The second kappa shape index (κ2) is 8.57. The number of benzene rings is 2. The van der Waals surface area contributed by atoms with Gasteiger partial charge in [0.25, 0.3) is 0 Å². The van der Waals surface area contributed by atoms with Gasteiger partial charge in [-0.1, -0.05) is 50.2 Å². The third-order valence-electron chi connectivity index (χ3n) is 7.24. The zero-order valence-electron chi connectivity index (χ0n) is 18.7. The van der Waals surface area contributed by atoms with E-state index in [-0.39, 0.29) is 41.7 Å². The molecular weight excluding hydrogens is 456 g/mol. The smallest absolute Gasteiger partial charge is 0.310 e. The maximum absolute atomic E-state index is 13.1. The molecule has 2 bridgehead atoms. The van der Waals surface area contributed by atoms with Gasteiger partial charge in [0, 0.05) is 10.0 Å². The average Bonchev–Trinajstić information content (AvgIpc) is 3.33. The molecule has 0 aromatic heterocycles. The fraction of sp³-hybridized carbons (Fsp3) is 0.538. The minimum atomic E-state index is -0.746. The van der Waals surface area contributed by atoms with Crippen LogP contribution in [-0.2, 0) is 24.7 Å². The van der Waals surface area contributed by atoms with Gasteiger partial charge in [-0.05, 0) is 78.1 Å². The fourth-order valence-electron chi connectivity index (χ4n) is 5.17. The van der Waals surface area contributed by atoms with Gasteiger partial charge in [0.1, 0.15) is 11.7 Å². The van der Waals surface area contributed by atoms with Crippen molar-refractivity contribution in [3.8, 4) is 0 Å². The summed E-state index contributed by atoms with van der Waals surface area (Å²) in [7, 11) is 0. The Hall–Kier alpha value is -1.88. The third-order valence-corrected chi connectivity index (χ3v) is 8.10. The van der Waals surface area contributed by atoms with Gasteiger partial charge in [-0.15, -0.1) is 0 Å². The van der Waals surface area contributed by atoms with Gasteiger partial charge in [0.2, 0.25) is 0 Å². The van der Waals surface area contributed by atoms with Crippen LogP contribution in [0.1, 0.15) is 58.9 Å². The van der Waals surface area contributed by atoms with Crippen LogP contribution in [0.2, 0.25) is 0 Å². The molecule has 0 amide bonds. The molecule has 2 aromatic rings. The number of hydrogen-bond acceptors (Lipinski definition) is 4. The van der Waals surface area contributed by atoms with E-state index < -0.39 is 5.60 Å². The summed E-state index contributed by atoms with van der Waals surface area (Å²) in [5, 5.41) is 2.25. The largest absolute Gasteiger partial charge is 0.462 e. The Morgan fingerprint density at radius 1 is 1.10 bits per heavy atom. The molecule has 2 aliphatic rings. The molecule has 166 valence electrons. The minimum Gasteiger partial charge on any atom is -0.462 e. The average molecular weight is 487 g/mol. The van der Waals surface area contributed by atoms with Crippen LogP contribution in [0.5, 0.6) is 0 Å². The molecule has 2 aliphatic carbocycles. The standard InChI is InChI=1S/C26H31BrO4/c1-5-15(2)24(28)30-22-14-17-12-18(22)13-20(17)25(29)31-26(3,4)21-11-10-16-8-6-7-9-19(16)23(21)27/h6-11,15,17-18,20,22H,5,12-14H2,1-4H3. The highest BCUT2D eigenvalue weighted by molar-refractivity contribution is 9.10. The predicted octanol–water partition coefficient (Wildman–Crippen LogP) is 6.38. The molecular formula is C26H31BrO4. The number of carbonyl (C=O) groups excluding carboxylic acids is 2. The summed E-state index contributed by atoms with van der Waals surface area (Å²) in [6, 6.07) is 12.3. The van der Waals surface area contributed by atoms with Gasteiger partial charge >= 0.3 is 11.9 Å². The molecule has 0 saturated heterocycles. The van der Waals surface area contributed by atoms with Crippen LogP contribution in [0.3, 0.4) is 0 Å². The zero-order valence-corrected chi connectivity index (χ0v) is 20.3. The molecule has 5 atom stereocenters. The van der Waals surface area contributed by atoms with Gasteiger partial charge in [-0.25, -0.2) is 0 Å². The van der Waals surface area contributed by atoms with Gasteiger partial charge in [-0.2, -0.15) is 0 Å². The molecule has 2 aromatic carbocycles. The van der Waals surface area contributed by atoms with Gasteiger partial charge in [-0.3, -0.25) is 9.59 Å². The van der Waals surface area contributed by atoms with E-state index in [4.69, 9.17) is 9.47 Å². The van der Waals surface area contributed by atoms with E-state index in [0.29, 0.717) is 0 Å². The number of esters is 2. The summed E-state index contributed by atoms with van der Waals surface area (Å²) >= 11 is 3.73. The number of fused-ring (bicyclic) bond motifs is 3. The van der Waals surface area contributed by atoms with Crippen LogP contribution in [0, 0.1) is 23.7 Å². The fourth-order valence-corrected chi connectivity index (χ4v) is 6.14. The Morgan fingerprint density at radius 2 is 1.84 bits per heavy atom. The lowest BCUT2D eigenvalue weighted by Gasteiger charge is -2.32. The number of halogens is 1. The Labute approximate surface area is 192 Å². The van der Waals surface area contributed by atoms with Crippen molar-refractivity contribution in [1.29, 1.82) is 0 Å². The third kappa shape index (κ3) is 4.26. The molecule has 0 heterocycles. The molecule has 0 spiro atoms. The maximum Gasteiger partial charge on any atom is 0.310 e. The van der Waals surface area contributed by atoms with E-state index in [1.807, 2.05) is 45.9 Å². The van der Waals surface area contributed by atoms with Crippen LogP contribution in [0.25, 0.3) is 10.8 Å². The number of carbonyl (C=O) groups is 2. The van der Waals surface area contributed by atoms with Crippen molar-refractivity contribution in [3.63, 3.8) is 0 Å². The van der Waals surface area contributed by atoms with Gasteiger partial charge in [0.05, 0.1) is 11.8 Å². The van der Waals surface area contributed by atoms with Crippen molar-refractivity contribution in [3.05, 3.63) is 46.4 Å². The summed E-state index contributed by atoms with van der Waals surface area (Å²) in [4.78, 5) is 25.3. The number of rotatable bonds is 6. The van der Waals surface area contributed by atoms with Crippen molar-refractivity contribution in [2.75, 3.05) is 0 Å². The van der Waals surface area contributed by atoms with Crippen molar-refractivity contribution in [2.24, 2.45) is 23.7 Å². The van der Waals surface area contributed by atoms with E-state index in [1.54, 1.807) is 0 Å². The molecule has 0 aliphatic heterocycles. The highest BCUT2D eigenvalue weighted by atomic mass is 79.9. The second-order valence-corrected chi connectivity index (χ2v) is 10.5. The van der Waals surface area contributed by atoms with E-state index in [0.717, 1.165) is 46.5 Å². The Kier molecular flexibility index (Phi) is 6.17. The lowest BCUT2D eigenvalue weighted by atomic mass is 9.86. The zero-order chi connectivity index (χ0) is 22.3. The molecule has 4 nitrogen and oxygen atoms in total. The molecule has 0 N–H and O–H groups in total. The summed E-state index contributed by atoms with van der Waals surface area (Å²) in [5.74, 6) is 0.0861. The molecule has 0 radical (unpaired) electrons. The Morgan fingerprint density at radius 3 is 2.52 bits per heavy atom. The van der Waals surface area contributed by atoms with Crippen molar-refractivity contribution in [1.82, 2.24) is 0 Å². The van der Waals surface area contributed by atoms with E-state index in [2.05, 4.69) is 34.1 Å². The van der Waals surface area contributed by atoms with Crippen LogP contribution >= 0.6 is 15.9 Å². The normalized spacial score (nSPS) is 26.1. The molecule has 2 fully saturated rings. The second-order valence-electron chi connectivity index (χ2n) is 9.70. The first-order valence-corrected chi connectivity index (χ1v) is 12.1. The predicted molar refractivity (Wildman–Crippen MR) is 124 cm³/mol. The topological polar surface area (TPSA) is 52.6 Å². The van der Waals surface area contributed by atoms with E-state index in [9.17, 15) is 9.59 Å². The monoisotopic (exact) mass is 486 g/mol. The summed E-state index contributed by atoms with van der Waals surface area (Å²) in [6.45, 7) is 7.80. The van der Waals surface area contributed by atoms with Crippen molar-refractivity contribution >= 4 is 38.6 Å². The van der Waals surface area contributed by atoms with E-state index in [1.165, 1.54) is 0 Å². The molecule has 5 unspecified atom stereocenters. The van der Waals surface area contributed by atoms with E-state index >= 15 is 0 Å². The first kappa shape index (κ1) is 22.3. The molecule has 4 rings (SSSR count). The highest BCUT2D eigenvalue weighted by Crippen LogP contribution is 2.51. The molecule has 2 saturated carbocycles. The summed E-state index contributed by atoms with van der Waals surface area (Å²) in [5.41, 5.74) is 0.215. The quantitative estimate of drug-likeness (QED) is 0.444. The Bertz CT molecular complexity index is 998. The minimum absolute atomic E-state index is 0.0433. The van der Waals surface area contributed by atoms with Gasteiger partial charge in [0.15, 0.2) is 0 Å².